The first-order valence-electron chi connectivity index (χ1n) is 5.52. The molecule has 0 saturated carbocycles. The molecule has 3 N–H and O–H groups in total. The minimum Gasteiger partial charge on any atom is -0.368 e. The van der Waals surface area contributed by atoms with E-state index in [0.717, 1.165) is 12.8 Å². The Morgan fingerprint density at radius 2 is 2.06 bits per heavy atom. The van der Waals surface area contributed by atoms with E-state index < -0.39 is 11.9 Å². The lowest BCUT2D eigenvalue weighted by atomic mass is 9.98. The number of nitrogens with two attached hydrogens (primary N) is 1. The minimum absolute atomic E-state index is 0.143. The molecule has 2 amide bonds. The first-order valence-corrected chi connectivity index (χ1v) is 5.52. The Labute approximate surface area is 97.0 Å². The third-order valence-corrected chi connectivity index (χ3v) is 2.32. The Morgan fingerprint density at radius 1 is 1.44 bits per heavy atom. The zero-order valence-corrected chi connectivity index (χ0v) is 10.2. The predicted octanol–water partition coefficient (Wildman–Crippen LogP) is 0.806. The van der Waals surface area contributed by atoms with Crippen molar-refractivity contribution < 1.29 is 9.59 Å². The van der Waals surface area contributed by atoms with Crippen LogP contribution in [-0.2, 0) is 9.59 Å². The van der Waals surface area contributed by atoms with Crippen LogP contribution in [0, 0.1) is 17.8 Å². The highest BCUT2D eigenvalue weighted by Crippen LogP contribution is 2.11. The molecule has 90 valence electrons. The quantitative estimate of drug-likeness (QED) is 0.655. The van der Waals surface area contributed by atoms with Crippen LogP contribution in [0.25, 0.3) is 0 Å². The lowest BCUT2D eigenvalue weighted by molar-refractivity contribution is -0.129. The van der Waals surface area contributed by atoms with Crippen LogP contribution in [0.15, 0.2) is 0 Å². The van der Waals surface area contributed by atoms with Crippen molar-refractivity contribution in [1.29, 1.82) is 0 Å². The zero-order valence-electron chi connectivity index (χ0n) is 10.2. The molecule has 0 aromatic heterocycles. The molecule has 16 heavy (non-hydrogen) atoms. The molecule has 0 unspecified atom stereocenters. The molecule has 4 heteroatoms. The summed E-state index contributed by atoms with van der Waals surface area (Å²) in [7, 11) is 0. The molecule has 0 aromatic carbocycles. The maximum Gasteiger partial charge on any atom is 0.239 e. The standard InChI is InChI=1S/C12H20N2O2/c1-4-6-8-10(7-5-2)12(16)14-9(3)11(13)15/h9-10H,5,7-8H2,1-3H3,(H2,13,15)(H,14,16)/t9-,10+/m0/s1. The maximum atomic E-state index is 11.8. The van der Waals surface area contributed by atoms with Gasteiger partial charge < -0.3 is 11.1 Å². The maximum absolute atomic E-state index is 11.8. The monoisotopic (exact) mass is 224 g/mol. The van der Waals surface area contributed by atoms with E-state index in [1.807, 2.05) is 6.92 Å². The number of nitrogens with one attached hydrogen (secondary N) is 1. The SMILES string of the molecule is CC#CC[C@@H](CCC)C(=O)N[C@@H](C)C(N)=O. The van der Waals surface area contributed by atoms with Crippen LogP contribution < -0.4 is 11.1 Å². The number of primary amides is 1. The molecule has 0 fully saturated rings. The number of amides is 2. The van der Waals surface area contributed by atoms with E-state index in [4.69, 9.17) is 5.73 Å². The summed E-state index contributed by atoms with van der Waals surface area (Å²) in [6.45, 7) is 5.33. The molecular weight excluding hydrogens is 204 g/mol. The van der Waals surface area contributed by atoms with Gasteiger partial charge in [0.15, 0.2) is 0 Å². The summed E-state index contributed by atoms with van der Waals surface area (Å²) in [5, 5.41) is 2.59. The fraction of sp³-hybridized carbons (Fsp3) is 0.667. The van der Waals surface area contributed by atoms with Gasteiger partial charge in [-0.25, -0.2) is 0 Å². The first-order chi connectivity index (χ1) is 7.52. The molecule has 2 atom stereocenters. The molecule has 0 spiro atoms. The van der Waals surface area contributed by atoms with Crippen molar-refractivity contribution >= 4 is 11.8 Å². The van der Waals surface area contributed by atoms with Gasteiger partial charge in [-0.3, -0.25) is 9.59 Å². The van der Waals surface area contributed by atoms with E-state index in [1.54, 1.807) is 13.8 Å². The Morgan fingerprint density at radius 3 is 2.50 bits per heavy atom. The van der Waals surface area contributed by atoms with Crippen molar-refractivity contribution in [2.45, 2.75) is 46.1 Å². The summed E-state index contributed by atoms with van der Waals surface area (Å²) in [6, 6.07) is -0.624. The summed E-state index contributed by atoms with van der Waals surface area (Å²) < 4.78 is 0. The van der Waals surface area contributed by atoms with Crippen molar-refractivity contribution in [3.63, 3.8) is 0 Å². The van der Waals surface area contributed by atoms with Crippen LogP contribution >= 0.6 is 0 Å². The second-order valence-electron chi connectivity index (χ2n) is 3.75. The molecule has 4 nitrogen and oxygen atoms in total. The van der Waals surface area contributed by atoms with Crippen LogP contribution in [-0.4, -0.2) is 17.9 Å². The van der Waals surface area contributed by atoms with Crippen LogP contribution in [0.2, 0.25) is 0 Å². The fourth-order valence-electron chi connectivity index (χ4n) is 1.30. The summed E-state index contributed by atoms with van der Waals surface area (Å²) >= 11 is 0. The number of hydrogen-bond acceptors (Lipinski definition) is 2. The Kier molecular flexibility index (Phi) is 7.02. The Bertz CT molecular complexity index is 302. The van der Waals surface area contributed by atoms with E-state index >= 15 is 0 Å². The van der Waals surface area contributed by atoms with Gasteiger partial charge in [0, 0.05) is 12.3 Å². The van der Waals surface area contributed by atoms with Crippen molar-refractivity contribution in [1.82, 2.24) is 5.32 Å². The van der Waals surface area contributed by atoms with Crippen molar-refractivity contribution in [2.24, 2.45) is 11.7 Å². The van der Waals surface area contributed by atoms with Crippen molar-refractivity contribution in [2.75, 3.05) is 0 Å². The van der Waals surface area contributed by atoms with Gasteiger partial charge in [-0.2, -0.15) is 0 Å². The minimum atomic E-state index is -0.624. The number of carbonyl (C=O) groups excluding carboxylic acids is 2. The second-order valence-corrected chi connectivity index (χ2v) is 3.75. The van der Waals surface area contributed by atoms with Crippen LogP contribution in [0.4, 0.5) is 0 Å². The van der Waals surface area contributed by atoms with Crippen LogP contribution in [0.5, 0.6) is 0 Å². The third-order valence-electron chi connectivity index (χ3n) is 2.32. The fourth-order valence-corrected chi connectivity index (χ4v) is 1.30. The Hall–Kier alpha value is -1.50. The number of carbonyl (C=O) groups is 2. The summed E-state index contributed by atoms with van der Waals surface area (Å²) in [5.41, 5.74) is 5.08. The molecule has 0 saturated heterocycles. The van der Waals surface area contributed by atoms with E-state index in [0.29, 0.717) is 6.42 Å². The number of hydrogen-bond donors (Lipinski definition) is 2. The van der Waals surface area contributed by atoms with E-state index in [2.05, 4.69) is 17.2 Å². The topological polar surface area (TPSA) is 72.2 Å². The molecular formula is C12H20N2O2. The largest absolute Gasteiger partial charge is 0.368 e. The van der Waals surface area contributed by atoms with Gasteiger partial charge in [-0.05, 0) is 20.3 Å². The first kappa shape index (κ1) is 14.5. The van der Waals surface area contributed by atoms with Gasteiger partial charge in [0.25, 0.3) is 0 Å². The average Bonchev–Trinajstić information content (AvgIpc) is 2.23. The highest BCUT2D eigenvalue weighted by atomic mass is 16.2. The van der Waals surface area contributed by atoms with E-state index in [9.17, 15) is 9.59 Å². The van der Waals surface area contributed by atoms with E-state index in [1.165, 1.54) is 0 Å². The zero-order chi connectivity index (χ0) is 12.6. The molecule has 0 aliphatic heterocycles. The third kappa shape index (κ3) is 5.40. The van der Waals surface area contributed by atoms with Gasteiger partial charge in [0.1, 0.15) is 6.04 Å². The molecule has 0 radical (unpaired) electrons. The van der Waals surface area contributed by atoms with Crippen LogP contribution in [0.3, 0.4) is 0 Å². The highest BCUT2D eigenvalue weighted by molar-refractivity contribution is 5.87. The normalized spacial score (nSPS) is 13.2. The smallest absolute Gasteiger partial charge is 0.239 e. The lowest BCUT2D eigenvalue weighted by Gasteiger charge is -2.16. The summed E-state index contributed by atoms with van der Waals surface area (Å²) in [5.74, 6) is 4.84. The van der Waals surface area contributed by atoms with Crippen molar-refractivity contribution in [3.8, 4) is 11.8 Å². The van der Waals surface area contributed by atoms with Gasteiger partial charge in [-0.1, -0.05) is 13.3 Å². The van der Waals surface area contributed by atoms with Crippen LogP contribution in [0.1, 0.15) is 40.0 Å². The highest BCUT2D eigenvalue weighted by Gasteiger charge is 2.20. The van der Waals surface area contributed by atoms with Gasteiger partial charge >= 0.3 is 0 Å². The van der Waals surface area contributed by atoms with Gasteiger partial charge in [-0.15, -0.1) is 11.8 Å². The Balaban J connectivity index is 4.35. The molecule has 0 bridgehead atoms. The van der Waals surface area contributed by atoms with Gasteiger partial charge in [0.2, 0.25) is 11.8 Å². The van der Waals surface area contributed by atoms with E-state index in [-0.39, 0.29) is 11.8 Å². The number of rotatable bonds is 6. The predicted molar refractivity (Wildman–Crippen MR) is 63.3 cm³/mol. The summed E-state index contributed by atoms with van der Waals surface area (Å²) in [6.07, 6.45) is 2.21. The average molecular weight is 224 g/mol. The molecule has 0 heterocycles. The molecule has 0 aliphatic carbocycles. The second kappa shape index (κ2) is 7.75. The summed E-state index contributed by atoms with van der Waals surface area (Å²) in [4.78, 5) is 22.6. The lowest BCUT2D eigenvalue weighted by Crippen LogP contribution is -2.44. The molecule has 0 aromatic rings. The van der Waals surface area contributed by atoms with Gasteiger partial charge in [0.05, 0.1) is 0 Å². The molecule has 0 aliphatic rings. The molecule has 0 rings (SSSR count). The van der Waals surface area contributed by atoms with Crippen molar-refractivity contribution in [3.05, 3.63) is 0 Å².